The molecule has 110 valence electrons. The Kier molecular flexibility index (Phi) is 5.63. The van der Waals surface area contributed by atoms with Crippen LogP contribution in [-0.4, -0.2) is 40.0 Å². The van der Waals surface area contributed by atoms with Crippen LogP contribution in [-0.2, 0) is 17.9 Å². The number of aromatic hydroxyl groups is 1. The summed E-state index contributed by atoms with van der Waals surface area (Å²) in [5.74, 6) is -0.507. The van der Waals surface area contributed by atoms with E-state index in [-0.39, 0.29) is 28.7 Å². The molecule has 1 amide bonds. The standard InChI is InChI=1S/C12H18N4O3S/c1-4-15-10(18)8(6-14-7-9(17)13-3)11(19)16(5-2)12(15)20/h6,18H,4-5,7H2,1-3H3,(H,13,17). The van der Waals surface area contributed by atoms with Gasteiger partial charge in [-0.25, -0.2) is 0 Å². The first-order chi connectivity index (χ1) is 9.47. The summed E-state index contributed by atoms with van der Waals surface area (Å²) in [5, 5.41) is 12.5. The van der Waals surface area contributed by atoms with Gasteiger partial charge in [-0.05, 0) is 26.1 Å². The van der Waals surface area contributed by atoms with E-state index in [2.05, 4.69) is 10.3 Å². The summed E-state index contributed by atoms with van der Waals surface area (Å²) in [7, 11) is 1.50. The highest BCUT2D eigenvalue weighted by molar-refractivity contribution is 7.71. The molecule has 20 heavy (non-hydrogen) atoms. The lowest BCUT2D eigenvalue weighted by Gasteiger charge is -2.13. The first-order valence-corrected chi connectivity index (χ1v) is 6.65. The Morgan fingerprint density at radius 1 is 1.40 bits per heavy atom. The third kappa shape index (κ3) is 3.13. The second kappa shape index (κ2) is 6.99. The van der Waals surface area contributed by atoms with E-state index >= 15 is 0 Å². The molecule has 8 heteroatoms. The molecular weight excluding hydrogens is 280 g/mol. The van der Waals surface area contributed by atoms with Gasteiger partial charge in [0.2, 0.25) is 11.8 Å². The minimum atomic E-state index is -0.416. The number of nitrogens with one attached hydrogen (secondary N) is 1. The van der Waals surface area contributed by atoms with Crippen molar-refractivity contribution in [3.8, 4) is 5.88 Å². The number of hydrogen-bond donors (Lipinski definition) is 2. The number of rotatable bonds is 5. The average molecular weight is 298 g/mol. The van der Waals surface area contributed by atoms with E-state index < -0.39 is 5.56 Å². The van der Waals surface area contributed by atoms with Gasteiger partial charge in [0.15, 0.2) is 4.77 Å². The molecule has 0 spiro atoms. The molecule has 0 unspecified atom stereocenters. The number of amides is 1. The number of likely N-dealkylation sites (N-methyl/N-ethyl adjacent to an activating group) is 1. The van der Waals surface area contributed by atoms with Gasteiger partial charge in [0.05, 0.1) is 0 Å². The van der Waals surface area contributed by atoms with Crippen LogP contribution in [0.2, 0.25) is 0 Å². The second-order valence-electron chi connectivity index (χ2n) is 3.96. The van der Waals surface area contributed by atoms with E-state index in [0.29, 0.717) is 13.1 Å². The highest BCUT2D eigenvalue weighted by Crippen LogP contribution is 2.12. The van der Waals surface area contributed by atoms with E-state index in [1.165, 1.54) is 22.4 Å². The van der Waals surface area contributed by atoms with Crippen LogP contribution in [0.3, 0.4) is 0 Å². The Morgan fingerprint density at radius 3 is 2.50 bits per heavy atom. The number of aromatic nitrogens is 2. The van der Waals surface area contributed by atoms with Crippen molar-refractivity contribution in [2.75, 3.05) is 13.6 Å². The minimum Gasteiger partial charge on any atom is -0.494 e. The number of aliphatic imine (C=N–C) groups is 1. The van der Waals surface area contributed by atoms with Crippen LogP contribution in [0, 0.1) is 4.77 Å². The Hall–Kier alpha value is -1.96. The Labute approximate surface area is 121 Å². The largest absolute Gasteiger partial charge is 0.494 e. The Balaban J connectivity index is 3.36. The van der Waals surface area contributed by atoms with Crippen LogP contribution in [0.1, 0.15) is 19.4 Å². The maximum atomic E-state index is 12.2. The molecule has 0 fully saturated rings. The van der Waals surface area contributed by atoms with Crippen LogP contribution in [0.5, 0.6) is 5.88 Å². The monoisotopic (exact) mass is 298 g/mol. The van der Waals surface area contributed by atoms with Crippen LogP contribution in [0.15, 0.2) is 9.79 Å². The molecule has 0 atom stereocenters. The number of carbonyl (C=O) groups excluding carboxylic acids is 1. The molecule has 2 N–H and O–H groups in total. The summed E-state index contributed by atoms with van der Waals surface area (Å²) >= 11 is 5.16. The molecule has 7 nitrogen and oxygen atoms in total. The topological polar surface area (TPSA) is 88.6 Å². The van der Waals surface area contributed by atoms with Gasteiger partial charge in [-0.2, -0.15) is 0 Å². The zero-order chi connectivity index (χ0) is 15.3. The van der Waals surface area contributed by atoms with E-state index in [9.17, 15) is 14.7 Å². The van der Waals surface area contributed by atoms with Gasteiger partial charge in [-0.3, -0.25) is 23.7 Å². The molecule has 1 aromatic rings. The van der Waals surface area contributed by atoms with E-state index in [4.69, 9.17) is 12.2 Å². The van der Waals surface area contributed by atoms with Crippen LogP contribution in [0.25, 0.3) is 0 Å². The van der Waals surface area contributed by atoms with E-state index in [1.807, 2.05) is 6.92 Å². The summed E-state index contributed by atoms with van der Waals surface area (Å²) in [5.41, 5.74) is -0.383. The lowest BCUT2D eigenvalue weighted by atomic mass is 10.3. The second-order valence-corrected chi connectivity index (χ2v) is 4.32. The lowest BCUT2D eigenvalue weighted by molar-refractivity contribution is -0.119. The van der Waals surface area contributed by atoms with Gasteiger partial charge < -0.3 is 10.4 Å². The van der Waals surface area contributed by atoms with Crippen molar-refractivity contribution in [2.24, 2.45) is 4.99 Å². The number of hydrogen-bond acceptors (Lipinski definition) is 5. The average Bonchev–Trinajstić information content (AvgIpc) is 2.43. The highest BCUT2D eigenvalue weighted by atomic mass is 32.1. The SMILES string of the molecule is CCn1c(O)c(C=NCC(=O)NC)c(=O)n(CC)c1=S. The van der Waals surface area contributed by atoms with Crippen LogP contribution >= 0.6 is 12.2 Å². The zero-order valence-electron chi connectivity index (χ0n) is 11.7. The normalized spacial score (nSPS) is 10.9. The summed E-state index contributed by atoms with van der Waals surface area (Å²) in [4.78, 5) is 27.1. The number of carbonyl (C=O) groups is 1. The summed E-state index contributed by atoms with van der Waals surface area (Å²) in [6.07, 6.45) is 1.21. The quantitative estimate of drug-likeness (QED) is 0.604. The summed E-state index contributed by atoms with van der Waals surface area (Å²) < 4.78 is 3.09. The first-order valence-electron chi connectivity index (χ1n) is 6.24. The molecule has 0 aliphatic carbocycles. The third-order valence-electron chi connectivity index (χ3n) is 2.80. The summed E-state index contributed by atoms with van der Waals surface area (Å²) in [6.45, 7) is 4.32. The molecule has 0 saturated heterocycles. The van der Waals surface area contributed by atoms with Gasteiger partial charge in [0, 0.05) is 26.4 Å². The minimum absolute atomic E-state index is 0.0335. The van der Waals surface area contributed by atoms with Crippen molar-refractivity contribution < 1.29 is 9.90 Å². The molecule has 0 saturated carbocycles. The highest BCUT2D eigenvalue weighted by Gasteiger charge is 2.13. The maximum absolute atomic E-state index is 12.2. The predicted octanol–water partition coefficient (Wildman–Crippen LogP) is 0.290. The van der Waals surface area contributed by atoms with Crippen LogP contribution in [0.4, 0.5) is 0 Å². The fourth-order valence-electron chi connectivity index (χ4n) is 1.69. The van der Waals surface area contributed by atoms with Gasteiger partial charge in [0.25, 0.3) is 5.56 Å². The number of nitrogens with zero attached hydrogens (tertiary/aromatic N) is 3. The molecule has 1 rings (SSSR count). The van der Waals surface area contributed by atoms with Gasteiger partial charge in [-0.1, -0.05) is 0 Å². The first kappa shape index (κ1) is 16.1. The fraction of sp³-hybridized carbons (Fsp3) is 0.500. The molecule has 0 bridgehead atoms. The molecule has 1 aromatic heterocycles. The maximum Gasteiger partial charge on any atom is 0.267 e. The van der Waals surface area contributed by atoms with Gasteiger partial charge >= 0.3 is 0 Å². The van der Waals surface area contributed by atoms with Crippen molar-refractivity contribution in [1.29, 1.82) is 0 Å². The van der Waals surface area contributed by atoms with Gasteiger partial charge in [0.1, 0.15) is 12.1 Å². The van der Waals surface area contributed by atoms with Crippen molar-refractivity contribution in [3.63, 3.8) is 0 Å². The molecule has 0 aromatic carbocycles. The van der Waals surface area contributed by atoms with Crippen molar-refractivity contribution in [1.82, 2.24) is 14.5 Å². The van der Waals surface area contributed by atoms with E-state index in [1.54, 1.807) is 6.92 Å². The molecule has 1 heterocycles. The van der Waals surface area contributed by atoms with Crippen molar-refractivity contribution in [3.05, 3.63) is 20.7 Å². The van der Waals surface area contributed by atoms with E-state index in [0.717, 1.165) is 0 Å². The Bertz CT molecular complexity index is 645. The molecular formula is C12H18N4O3S. The molecule has 0 radical (unpaired) electrons. The summed E-state index contributed by atoms with van der Waals surface area (Å²) in [6, 6.07) is 0. The Morgan fingerprint density at radius 2 is 2.00 bits per heavy atom. The van der Waals surface area contributed by atoms with Crippen molar-refractivity contribution in [2.45, 2.75) is 26.9 Å². The zero-order valence-corrected chi connectivity index (χ0v) is 12.5. The third-order valence-corrected chi connectivity index (χ3v) is 3.24. The van der Waals surface area contributed by atoms with Crippen molar-refractivity contribution >= 4 is 24.3 Å². The fourth-order valence-corrected chi connectivity index (χ4v) is 2.11. The lowest BCUT2D eigenvalue weighted by Crippen LogP contribution is -2.28. The van der Waals surface area contributed by atoms with Gasteiger partial charge in [-0.15, -0.1) is 0 Å². The smallest absolute Gasteiger partial charge is 0.267 e. The predicted molar refractivity (Wildman–Crippen MR) is 79.1 cm³/mol. The molecule has 0 aliphatic heterocycles. The van der Waals surface area contributed by atoms with Crippen LogP contribution < -0.4 is 10.9 Å². The molecule has 0 aliphatic rings.